The number of aromatic hydroxyl groups is 1. The molecule has 0 aliphatic carbocycles. The average Bonchev–Trinajstić information content (AvgIpc) is 2.41. The summed E-state index contributed by atoms with van der Waals surface area (Å²) >= 11 is 6.64. The molecule has 0 bridgehead atoms. The average molecular weight is 395 g/mol. The summed E-state index contributed by atoms with van der Waals surface area (Å²) in [5.41, 5.74) is 1.04. The third-order valence-corrected chi connectivity index (χ3v) is 4.95. The molecule has 108 valence electrons. The molecule has 0 unspecified atom stereocenters. The minimum absolute atomic E-state index is 0.0363. The first-order chi connectivity index (χ1) is 8.98. The van der Waals surface area contributed by atoms with Gasteiger partial charge in [0.2, 0.25) is 0 Å². The zero-order valence-corrected chi connectivity index (χ0v) is 14.5. The minimum atomic E-state index is -0.0363. The molecule has 0 aromatic heterocycles. The lowest BCUT2D eigenvalue weighted by Gasteiger charge is -2.29. The first-order valence-electron chi connectivity index (χ1n) is 6.46. The Morgan fingerprint density at radius 3 is 2.11 bits per heavy atom. The highest BCUT2D eigenvalue weighted by atomic mass is 79.9. The number of phenolic OH excluding ortho intramolecular Hbond substituents is 1. The predicted molar refractivity (Wildman–Crippen MR) is 85.3 cm³/mol. The van der Waals surface area contributed by atoms with Crippen LogP contribution in [0.4, 0.5) is 0 Å². The van der Waals surface area contributed by atoms with Crippen molar-refractivity contribution in [1.29, 1.82) is 0 Å². The molecule has 3 nitrogen and oxygen atoms in total. The molecule has 0 aliphatic rings. The maximum Gasteiger partial charge on any atom is 0.143 e. The number of hydrogen-bond donors (Lipinski definition) is 3. The van der Waals surface area contributed by atoms with Gasteiger partial charge < -0.3 is 15.5 Å². The van der Waals surface area contributed by atoms with Gasteiger partial charge in [-0.15, -0.1) is 0 Å². The molecule has 0 saturated carbocycles. The summed E-state index contributed by atoms with van der Waals surface area (Å²) < 4.78 is 1.36. The summed E-state index contributed by atoms with van der Waals surface area (Å²) in [5, 5.41) is 22.5. The van der Waals surface area contributed by atoms with Crippen LogP contribution in [0.5, 0.6) is 5.75 Å². The number of hydrogen-bond acceptors (Lipinski definition) is 3. The largest absolute Gasteiger partial charge is 0.506 e. The lowest BCUT2D eigenvalue weighted by atomic mass is 9.83. The Bertz CT molecular complexity index is 389. The second kappa shape index (κ2) is 7.62. The summed E-state index contributed by atoms with van der Waals surface area (Å²) in [6, 6.07) is 3.79. The van der Waals surface area contributed by atoms with Gasteiger partial charge in [0.05, 0.1) is 8.95 Å². The lowest BCUT2D eigenvalue weighted by Crippen LogP contribution is -2.36. The Morgan fingerprint density at radius 1 is 1.16 bits per heavy atom. The molecule has 1 rings (SSSR count). The van der Waals surface area contributed by atoms with Gasteiger partial charge in [-0.25, -0.2) is 0 Å². The van der Waals surface area contributed by atoms with Crippen molar-refractivity contribution in [2.45, 2.75) is 33.2 Å². The number of benzene rings is 1. The standard InChI is InChI=1S/C14H21Br2NO2/c1-3-14(4-2,9-18)8-17-7-10-5-11(15)13(19)12(16)6-10/h5-6,17-19H,3-4,7-9H2,1-2H3. The smallest absolute Gasteiger partial charge is 0.143 e. The van der Waals surface area contributed by atoms with Crippen LogP contribution in [0.2, 0.25) is 0 Å². The normalized spacial score (nSPS) is 11.8. The van der Waals surface area contributed by atoms with Crippen LogP contribution in [0, 0.1) is 5.41 Å². The van der Waals surface area contributed by atoms with Crippen LogP contribution >= 0.6 is 31.9 Å². The number of nitrogens with one attached hydrogen (secondary N) is 1. The van der Waals surface area contributed by atoms with Crippen molar-refractivity contribution in [3.8, 4) is 5.75 Å². The van der Waals surface area contributed by atoms with E-state index >= 15 is 0 Å². The van der Waals surface area contributed by atoms with Crippen molar-refractivity contribution < 1.29 is 10.2 Å². The summed E-state index contributed by atoms with van der Waals surface area (Å²) in [6.45, 7) is 5.91. The molecule has 1 aromatic carbocycles. The highest BCUT2D eigenvalue weighted by molar-refractivity contribution is 9.11. The van der Waals surface area contributed by atoms with Gasteiger partial charge in [-0.05, 0) is 62.4 Å². The Morgan fingerprint density at radius 2 is 1.68 bits per heavy atom. The molecular formula is C14H21Br2NO2. The van der Waals surface area contributed by atoms with Gasteiger partial charge in [0.15, 0.2) is 0 Å². The number of aliphatic hydroxyl groups is 1. The van der Waals surface area contributed by atoms with E-state index < -0.39 is 0 Å². The fourth-order valence-electron chi connectivity index (χ4n) is 1.97. The summed E-state index contributed by atoms with van der Waals surface area (Å²) in [6.07, 6.45) is 1.91. The van der Waals surface area contributed by atoms with Crippen LogP contribution in [-0.2, 0) is 6.54 Å². The first-order valence-corrected chi connectivity index (χ1v) is 8.05. The Labute approximate surface area is 131 Å². The third-order valence-electron chi connectivity index (χ3n) is 3.74. The van der Waals surface area contributed by atoms with E-state index in [1.54, 1.807) is 0 Å². The van der Waals surface area contributed by atoms with Crippen molar-refractivity contribution in [1.82, 2.24) is 5.32 Å². The van der Waals surface area contributed by atoms with Crippen molar-refractivity contribution in [3.63, 3.8) is 0 Å². The zero-order valence-electron chi connectivity index (χ0n) is 11.3. The molecule has 0 aliphatic heterocycles. The highest BCUT2D eigenvalue weighted by Crippen LogP contribution is 2.33. The number of aliphatic hydroxyl groups excluding tert-OH is 1. The highest BCUT2D eigenvalue weighted by Gasteiger charge is 2.24. The second-order valence-corrected chi connectivity index (χ2v) is 6.59. The Hall–Kier alpha value is -0.100. The third kappa shape index (κ3) is 4.45. The van der Waals surface area contributed by atoms with Gasteiger partial charge in [0, 0.05) is 25.1 Å². The molecule has 1 aromatic rings. The summed E-state index contributed by atoms with van der Waals surface area (Å²) in [4.78, 5) is 0. The molecule has 0 radical (unpaired) electrons. The van der Waals surface area contributed by atoms with E-state index in [0.29, 0.717) is 15.5 Å². The quantitative estimate of drug-likeness (QED) is 0.659. The van der Waals surface area contributed by atoms with Crippen molar-refractivity contribution >= 4 is 31.9 Å². The van der Waals surface area contributed by atoms with Crippen molar-refractivity contribution in [3.05, 3.63) is 26.6 Å². The molecule has 19 heavy (non-hydrogen) atoms. The van der Waals surface area contributed by atoms with Crippen LogP contribution in [0.15, 0.2) is 21.1 Å². The Kier molecular flexibility index (Phi) is 6.80. The number of halogens is 2. The molecule has 0 heterocycles. The fourth-order valence-corrected chi connectivity index (χ4v) is 3.25. The summed E-state index contributed by atoms with van der Waals surface area (Å²) in [5.74, 6) is 0.218. The van der Waals surface area contributed by atoms with E-state index in [-0.39, 0.29) is 17.8 Å². The maximum absolute atomic E-state index is 9.65. The molecule has 0 saturated heterocycles. The lowest BCUT2D eigenvalue weighted by molar-refractivity contribution is 0.113. The van der Waals surface area contributed by atoms with E-state index in [4.69, 9.17) is 0 Å². The molecule has 0 amide bonds. The van der Waals surface area contributed by atoms with Gasteiger partial charge in [0.25, 0.3) is 0 Å². The number of rotatable bonds is 7. The molecular weight excluding hydrogens is 374 g/mol. The van der Waals surface area contributed by atoms with Gasteiger partial charge in [-0.3, -0.25) is 0 Å². The molecule has 0 atom stereocenters. The van der Waals surface area contributed by atoms with E-state index in [9.17, 15) is 10.2 Å². The molecule has 3 N–H and O–H groups in total. The van der Waals surface area contributed by atoms with Crippen molar-refractivity contribution in [2.24, 2.45) is 5.41 Å². The Balaban J connectivity index is 2.63. The van der Waals surface area contributed by atoms with Gasteiger partial charge in [-0.2, -0.15) is 0 Å². The maximum atomic E-state index is 9.65. The first kappa shape index (κ1) is 17.0. The zero-order chi connectivity index (χ0) is 14.5. The summed E-state index contributed by atoms with van der Waals surface area (Å²) in [7, 11) is 0. The SMILES string of the molecule is CCC(CC)(CO)CNCc1cc(Br)c(O)c(Br)c1. The topological polar surface area (TPSA) is 52.5 Å². The molecule has 0 spiro atoms. The molecule has 5 heteroatoms. The second-order valence-electron chi connectivity index (χ2n) is 4.88. The van der Waals surface area contributed by atoms with E-state index in [2.05, 4.69) is 51.0 Å². The van der Waals surface area contributed by atoms with Crippen LogP contribution in [0.25, 0.3) is 0 Å². The van der Waals surface area contributed by atoms with Gasteiger partial charge in [-0.1, -0.05) is 13.8 Å². The van der Waals surface area contributed by atoms with E-state index in [1.807, 2.05) is 12.1 Å². The van der Waals surface area contributed by atoms with Gasteiger partial charge in [0.1, 0.15) is 5.75 Å². The van der Waals surface area contributed by atoms with Crippen LogP contribution in [-0.4, -0.2) is 23.4 Å². The fraction of sp³-hybridized carbons (Fsp3) is 0.571. The van der Waals surface area contributed by atoms with Crippen molar-refractivity contribution in [2.75, 3.05) is 13.2 Å². The van der Waals surface area contributed by atoms with E-state index in [1.165, 1.54) is 0 Å². The molecule has 0 fully saturated rings. The predicted octanol–water partition coefficient (Wildman–Crippen LogP) is 3.81. The van der Waals surface area contributed by atoms with E-state index in [0.717, 1.165) is 24.9 Å². The number of phenols is 1. The minimum Gasteiger partial charge on any atom is -0.506 e. The van der Waals surface area contributed by atoms with Gasteiger partial charge >= 0.3 is 0 Å². The van der Waals surface area contributed by atoms with Crippen LogP contribution < -0.4 is 5.32 Å². The van der Waals surface area contributed by atoms with Crippen LogP contribution in [0.3, 0.4) is 0 Å². The monoisotopic (exact) mass is 393 g/mol. The van der Waals surface area contributed by atoms with Crippen LogP contribution in [0.1, 0.15) is 32.3 Å².